The molecule has 1 N–H and O–H groups in total. The van der Waals surface area contributed by atoms with Crippen molar-refractivity contribution in [2.45, 2.75) is 13.0 Å². The molecule has 5 nitrogen and oxygen atoms in total. The van der Waals surface area contributed by atoms with Crippen LogP contribution in [0.4, 0.5) is 0 Å². The smallest absolute Gasteiger partial charge is 0.250 e. The third-order valence-corrected chi connectivity index (χ3v) is 3.91. The van der Waals surface area contributed by atoms with Crippen LogP contribution in [-0.4, -0.2) is 28.6 Å². The molecular weight excluding hydrogens is 314 g/mol. The molecule has 0 aliphatic rings. The third kappa shape index (κ3) is 4.47. The Morgan fingerprint density at radius 2 is 2.04 bits per heavy atom. The fraction of sp³-hybridized carbons (Fsp3) is 0.200. The maximum absolute atomic E-state index is 12.1. The number of carbonyl (C=O) groups is 1. The molecule has 128 valence electrons. The fourth-order valence-corrected chi connectivity index (χ4v) is 2.56. The van der Waals surface area contributed by atoms with Crippen molar-refractivity contribution >= 4 is 16.7 Å². The molecule has 0 spiro atoms. The highest BCUT2D eigenvalue weighted by Gasteiger charge is 2.08. The van der Waals surface area contributed by atoms with Gasteiger partial charge in [0.2, 0.25) is 5.91 Å². The summed E-state index contributed by atoms with van der Waals surface area (Å²) < 4.78 is 7.77. The normalized spacial score (nSPS) is 10.6. The minimum atomic E-state index is -0.175. The topological polar surface area (TPSA) is 56.1 Å². The van der Waals surface area contributed by atoms with E-state index in [2.05, 4.69) is 16.9 Å². The molecule has 0 saturated carbocycles. The molecule has 0 atom stereocenters. The summed E-state index contributed by atoms with van der Waals surface area (Å²) in [5.74, 6) is 0.582. The van der Waals surface area contributed by atoms with Gasteiger partial charge in [0.15, 0.2) is 0 Å². The molecule has 1 amide bonds. The van der Waals surface area contributed by atoms with Gasteiger partial charge in [0.25, 0.3) is 0 Å². The van der Waals surface area contributed by atoms with Crippen LogP contribution in [0.5, 0.6) is 5.75 Å². The highest BCUT2D eigenvalue weighted by molar-refractivity contribution is 5.93. The minimum absolute atomic E-state index is 0.168. The van der Waals surface area contributed by atoms with E-state index in [1.807, 2.05) is 53.2 Å². The van der Waals surface area contributed by atoms with Gasteiger partial charge < -0.3 is 14.6 Å². The number of nitrogens with one attached hydrogen (secondary N) is 1. The van der Waals surface area contributed by atoms with Crippen molar-refractivity contribution in [3.8, 4) is 5.75 Å². The van der Waals surface area contributed by atoms with Gasteiger partial charge in [-0.05, 0) is 17.9 Å². The number of amides is 1. The maximum Gasteiger partial charge on any atom is 0.250 e. The van der Waals surface area contributed by atoms with Crippen LogP contribution in [-0.2, 0) is 11.3 Å². The summed E-state index contributed by atoms with van der Waals surface area (Å²) in [6.45, 7) is 5.40. The minimum Gasteiger partial charge on any atom is -0.488 e. The van der Waals surface area contributed by atoms with E-state index in [1.54, 1.807) is 12.5 Å². The van der Waals surface area contributed by atoms with Crippen LogP contribution in [0, 0.1) is 0 Å². The van der Waals surface area contributed by atoms with E-state index in [0.717, 1.165) is 29.5 Å². The maximum atomic E-state index is 12.1. The average Bonchev–Trinajstić information content (AvgIpc) is 3.16. The number of aromatic nitrogens is 2. The molecule has 0 saturated heterocycles. The van der Waals surface area contributed by atoms with Crippen molar-refractivity contribution in [3.63, 3.8) is 0 Å². The predicted octanol–water partition coefficient (Wildman–Crippen LogP) is 3.18. The van der Waals surface area contributed by atoms with Crippen molar-refractivity contribution < 1.29 is 9.53 Å². The van der Waals surface area contributed by atoms with Crippen LogP contribution in [0.25, 0.3) is 10.8 Å². The number of hydrogen-bond acceptors (Lipinski definition) is 3. The van der Waals surface area contributed by atoms with Gasteiger partial charge in [-0.1, -0.05) is 43.0 Å². The number of carbonyl (C=O) groups excluding carboxylic acids is 1. The zero-order valence-electron chi connectivity index (χ0n) is 14.0. The number of fused-ring (bicyclic) bond motifs is 1. The molecule has 5 heteroatoms. The zero-order chi connectivity index (χ0) is 17.5. The predicted molar refractivity (Wildman–Crippen MR) is 98.4 cm³/mol. The van der Waals surface area contributed by atoms with Crippen LogP contribution in [0.3, 0.4) is 0 Å². The van der Waals surface area contributed by atoms with E-state index >= 15 is 0 Å². The molecule has 0 radical (unpaired) electrons. The number of aryl methyl sites for hydroxylation is 1. The lowest BCUT2D eigenvalue weighted by molar-refractivity contribution is -0.117. The summed E-state index contributed by atoms with van der Waals surface area (Å²) in [4.78, 5) is 16.1. The first-order chi connectivity index (χ1) is 12.2. The van der Waals surface area contributed by atoms with Crippen molar-refractivity contribution in [3.05, 3.63) is 73.3 Å². The molecular formula is C20H21N3O2. The molecule has 3 aromatic rings. The number of nitrogens with zero attached hydrogens (tertiary/aromatic N) is 2. The van der Waals surface area contributed by atoms with Gasteiger partial charge in [0.1, 0.15) is 12.4 Å². The van der Waals surface area contributed by atoms with Crippen LogP contribution in [0.2, 0.25) is 0 Å². The van der Waals surface area contributed by atoms with Crippen LogP contribution in [0.1, 0.15) is 6.42 Å². The van der Waals surface area contributed by atoms with Gasteiger partial charge in [0.05, 0.1) is 6.33 Å². The Bertz CT molecular complexity index is 851. The Balaban J connectivity index is 1.46. The lowest BCUT2D eigenvalue weighted by Gasteiger charge is -2.11. The second kappa shape index (κ2) is 8.15. The second-order valence-electron chi connectivity index (χ2n) is 5.78. The third-order valence-electron chi connectivity index (χ3n) is 3.91. The second-order valence-corrected chi connectivity index (χ2v) is 5.78. The largest absolute Gasteiger partial charge is 0.488 e. The summed E-state index contributed by atoms with van der Waals surface area (Å²) in [6, 6.07) is 13.9. The van der Waals surface area contributed by atoms with Crippen LogP contribution >= 0.6 is 0 Å². The monoisotopic (exact) mass is 335 g/mol. The summed E-state index contributed by atoms with van der Waals surface area (Å²) in [7, 11) is 0. The van der Waals surface area contributed by atoms with Gasteiger partial charge in [-0.3, -0.25) is 4.79 Å². The lowest BCUT2D eigenvalue weighted by Crippen LogP contribution is -2.28. The summed E-state index contributed by atoms with van der Waals surface area (Å²) in [5, 5.41) is 5.00. The highest BCUT2D eigenvalue weighted by Crippen LogP contribution is 2.25. The van der Waals surface area contributed by atoms with Crippen LogP contribution < -0.4 is 10.1 Å². The molecule has 1 aromatic heterocycles. The van der Waals surface area contributed by atoms with E-state index in [1.165, 1.54) is 0 Å². The van der Waals surface area contributed by atoms with Crippen molar-refractivity contribution in [2.24, 2.45) is 0 Å². The first-order valence-corrected chi connectivity index (χ1v) is 8.26. The first-order valence-electron chi connectivity index (χ1n) is 8.26. The molecule has 0 bridgehead atoms. The Hall–Kier alpha value is -3.08. The quantitative estimate of drug-likeness (QED) is 0.508. The molecule has 0 fully saturated rings. The van der Waals surface area contributed by atoms with E-state index < -0.39 is 0 Å². The number of rotatable bonds is 8. The number of hydrogen-bond donors (Lipinski definition) is 1. The molecule has 3 rings (SSSR count). The molecule has 0 aliphatic carbocycles. The zero-order valence-corrected chi connectivity index (χ0v) is 14.0. The van der Waals surface area contributed by atoms with Crippen molar-refractivity contribution in [1.29, 1.82) is 0 Å². The summed E-state index contributed by atoms with van der Waals surface area (Å²) in [5.41, 5.74) is 0.413. The summed E-state index contributed by atoms with van der Waals surface area (Å²) in [6.07, 6.45) is 6.24. The van der Waals surface area contributed by atoms with Gasteiger partial charge in [-0.25, -0.2) is 4.98 Å². The Morgan fingerprint density at radius 1 is 1.20 bits per heavy atom. The van der Waals surface area contributed by atoms with E-state index in [9.17, 15) is 4.79 Å². The van der Waals surface area contributed by atoms with E-state index in [0.29, 0.717) is 12.1 Å². The molecule has 2 aromatic carbocycles. The number of ether oxygens (including phenoxy) is 1. The lowest BCUT2D eigenvalue weighted by atomic mass is 10.1. The Kier molecular flexibility index (Phi) is 5.46. The molecule has 0 aliphatic heterocycles. The van der Waals surface area contributed by atoms with Gasteiger partial charge in [-0.2, -0.15) is 0 Å². The molecule has 25 heavy (non-hydrogen) atoms. The van der Waals surface area contributed by atoms with Gasteiger partial charge in [0, 0.05) is 36.4 Å². The Labute approximate surface area is 146 Å². The van der Waals surface area contributed by atoms with Gasteiger partial charge >= 0.3 is 0 Å². The molecule has 1 heterocycles. The highest BCUT2D eigenvalue weighted by atomic mass is 16.5. The van der Waals surface area contributed by atoms with E-state index in [4.69, 9.17) is 4.74 Å². The standard InChI is InChI=1S/C20H21N3O2/c1-16(20(24)22-10-5-12-23-13-11-21-15-23)14-25-19-9-4-7-17-6-2-3-8-18(17)19/h2-4,6-9,11,13,15H,1,5,10,12,14H2,(H,22,24). The Morgan fingerprint density at radius 3 is 2.88 bits per heavy atom. The number of benzene rings is 2. The first kappa shape index (κ1) is 16.8. The average molecular weight is 335 g/mol. The fourth-order valence-electron chi connectivity index (χ4n) is 2.56. The SMILES string of the molecule is C=C(COc1cccc2ccccc12)C(=O)NCCCn1ccnc1. The van der Waals surface area contributed by atoms with E-state index in [-0.39, 0.29) is 12.5 Å². The van der Waals surface area contributed by atoms with Crippen LogP contribution in [0.15, 0.2) is 73.3 Å². The van der Waals surface area contributed by atoms with Gasteiger partial charge in [-0.15, -0.1) is 0 Å². The summed E-state index contributed by atoms with van der Waals surface area (Å²) >= 11 is 0. The van der Waals surface area contributed by atoms with Crippen molar-refractivity contribution in [1.82, 2.24) is 14.9 Å². The molecule has 0 unspecified atom stereocenters. The van der Waals surface area contributed by atoms with Crippen molar-refractivity contribution in [2.75, 3.05) is 13.2 Å². The number of imidazole rings is 1.